The average Bonchev–Trinajstić information content (AvgIpc) is 3.08. The molecule has 19 heteroatoms. The van der Waals surface area contributed by atoms with Gasteiger partial charge in [-0.3, -0.25) is 4.79 Å². The van der Waals surface area contributed by atoms with Gasteiger partial charge in [0.2, 0.25) is 0 Å². The second-order valence-electron chi connectivity index (χ2n) is 12.0. The molecule has 0 spiro atoms. The summed E-state index contributed by atoms with van der Waals surface area (Å²) in [6, 6.07) is 10.9. The van der Waals surface area contributed by atoms with Crippen molar-refractivity contribution in [2.45, 2.75) is 101 Å². The van der Waals surface area contributed by atoms with Gasteiger partial charge in [0, 0.05) is 11.5 Å². The van der Waals surface area contributed by atoms with E-state index >= 15 is 0 Å². The number of benzene rings is 2. The summed E-state index contributed by atoms with van der Waals surface area (Å²) in [7, 11) is 0. The van der Waals surface area contributed by atoms with Crippen LogP contribution in [0, 0.1) is 0 Å². The maximum atomic E-state index is 14.0. The fourth-order valence-corrected chi connectivity index (χ4v) is 4.89. The lowest BCUT2D eigenvalue weighted by Crippen LogP contribution is -2.70. The molecule has 0 aliphatic carbocycles. The van der Waals surface area contributed by atoms with Gasteiger partial charge < -0.3 is 14.3 Å². The van der Waals surface area contributed by atoms with E-state index in [0.29, 0.717) is 22.5 Å². The molecule has 2 aromatic carbocycles. The molecular weight excluding hydrogens is 749 g/mol. The van der Waals surface area contributed by atoms with Gasteiger partial charge in [0.1, 0.15) is 11.5 Å². The minimum Gasteiger partial charge on any atom is -0.494 e. The third-order valence-corrected chi connectivity index (χ3v) is 8.04. The van der Waals surface area contributed by atoms with Crippen LogP contribution in [0.25, 0.3) is 10.9 Å². The van der Waals surface area contributed by atoms with Crippen LogP contribution in [0.5, 0.6) is 11.5 Å². The lowest BCUT2D eigenvalue weighted by molar-refractivity contribution is -0.440. The largest absolute Gasteiger partial charge is 0.494 e. The van der Waals surface area contributed by atoms with Crippen LogP contribution in [0.2, 0.25) is 0 Å². The Morgan fingerprint density at radius 2 is 1.13 bits per heavy atom. The number of pyridine rings is 1. The van der Waals surface area contributed by atoms with Crippen LogP contribution >= 0.6 is 0 Å². The van der Waals surface area contributed by atoms with E-state index in [-0.39, 0.29) is 11.1 Å². The summed E-state index contributed by atoms with van der Waals surface area (Å²) in [6.07, 6.45) is -1.13. The van der Waals surface area contributed by atoms with Crippen LogP contribution in [0.3, 0.4) is 0 Å². The molecule has 53 heavy (non-hydrogen) atoms. The quantitative estimate of drug-likeness (QED) is 0.0844. The summed E-state index contributed by atoms with van der Waals surface area (Å²) in [6.45, 7) is 0.949. The minimum atomic E-state index is -7.99. The van der Waals surface area contributed by atoms with Crippen molar-refractivity contribution in [3.8, 4) is 11.5 Å². The van der Waals surface area contributed by atoms with Gasteiger partial charge in [-0.15, -0.1) is 4.73 Å². The highest BCUT2D eigenvalue weighted by atomic mass is 19.4. The van der Waals surface area contributed by atoms with Crippen LogP contribution < -0.4 is 19.9 Å². The van der Waals surface area contributed by atoms with E-state index in [2.05, 4.69) is 11.7 Å². The molecule has 3 aromatic rings. The van der Waals surface area contributed by atoms with Crippen molar-refractivity contribution in [2.24, 2.45) is 0 Å². The molecule has 296 valence electrons. The summed E-state index contributed by atoms with van der Waals surface area (Å²) in [5, 5.41) is 0.465. The van der Waals surface area contributed by atoms with Crippen molar-refractivity contribution in [1.82, 2.24) is 4.73 Å². The van der Waals surface area contributed by atoms with Crippen molar-refractivity contribution in [2.75, 3.05) is 13.2 Å². The van der Waals surface area contributed by atoms with Gasteiger partial charge in [-0.05, 0) is 55.0 Å². The van der Waals surface area contributed by atoms with Gasteiger partial charge in [-0.25, -0.2) is 4.79 Å². The summed E-state index contributed by atoms with van der Waals surface area (Å²) in [5.74, 6) is -38.5. The zero-order chi connectivity index (χ0) is 39.9. The summed E-state index contributed by atoms with van der Waals surface area (Å²) < 4.78 is 184. The summed E-state index contributed by atoms with van der Waals surface area (Å²) >= 11 is 0. The third-order valence-electron chi connectivity index (χ3n) is 8.04. The van der Waals surface area contributed by atoms with Crippen LogP contribution in [-0.2, 0) is 0 Å². The molecule has 0 aliphatic rings. The molecular formula is C34H34F13NO5. The second-order valence-corrected chi connectivity index (χ2v) is 12.0. The SMILES string of the molecule is CCCCCCCCCCOc1ccc2c(ccc(=O)n2OC(=O)c2ccc(OCCC(F)(F)C(F)(F)C(F)(F)C(F)(F)C(F)(F)C(F)(F)F)cc2)c1. The van der Waals surface area contributed by atoms with Crippen LogP contribution in [0.15, 0.2) is 59.4 Å². The minimum absolute atomic E-state index is 0.174. The van der Waals surface area contributed by atoms with Gasteiger partial charge in [0.05, 0.1) is 30.7 Å². The Bertz CT molecular complexity index is 1720. The van der Waals surface area contributed by atoms with Gasteiger partial charge in [-0.1, -0.05) is 51.9 Å². The standard InChI is InChI=1S/C34H34F13NO5/c1-2-3-4-5-6-7-8-9-19-51-25-15-16-26-23(21-25)12-17-27(49)48(26)53-28(50)22-10-13-24(14-11-22)52-20-18-29(35,36)30(37,38)31(39,40)32(41,42)33(43,44)34(45,46)47/h10-17,21H,2-9,18-20H2,1H3. The first-order valence-corrected chi connectivity index (χ1v) is 16.2. The molecule has 0 saturated carbocycles. The number of carbonyl (C=O) groups is 1. The number of unbranched alkanes of at least 4 members (excludes halogenated alkanes) is 7. The molecule has 1 aromatic heterocycles. The van der Waals surface area contributed by atoms with E-state index in [1.165, 1.54) is 37.8 Å². The maximum absolute atomic E-state index is 14.0. The Hall–Kier alpha value is -4.19. The van der Waals surface area contributed by atoms with Crippen molar-refractivity contribution in [1.29, 1.82) is 0 Å². The third kappa shape index (κ3) is 9.49. The van der Waals surface area contributed by atoms with Gasteiger partial charge in [-0.2, -0.15) is 57.1 Å². The van der Waals surface area contributed by atoms with E-state index < -0.39 is 66.1 Å². The first-order valence-electron chi connectivity index (χ1n) is 16.2. The van der Waals surface area contributed by atoms with Gasteiger partial charge >= 0.3 is 41.8 Å². The topological polar surface area (TPSA) is 66.8 Å². The predicted octanol–water partition coefficient (Wildman–Crippen LogP) is 10.3. The lowest BCUT2D eigenvalue weighted by Gasteiger charge is -2.39. The second kappa shape index (κ2) is 16.9. The first-order chi connectivity index (χ1) is 24.5. The number of fused-ring (bicyclic) bond motifs is 1. The Kier molecular flexibility index (Phi) is 13.8. The molecule has 6 nitrogen and oxygen atoms in total. The molecule has 0 atom stereocenters. The number of hydrogen-bond donors (Lipinski definition) is 0. The molecule has 0 amide bonds. The smallest absolute Gasteiger partial charge is 0.460 e. The molecule has 0 saturated heterocycles. The fraction of sp³-hybridized carbons (Fsp3) is 0.529. The summed E-state index contributed by atoms with van der Waals surface area (Å²) in [4.78, 5) is 30.5. The number of alkyl halides is 13. The number of ether oxygens (including phenoxy) is 2. The van der Waals surface area contributed by atoms with E-state index in [9.17, 15) is 66.7 Å². The van der Waals surface area contributed by atoms with E-state index in [0.717, 1.165) is 56.0 Å². The molecule has 3 rings (SSSR count). The molecule has 0 radical (unpaired) electrons. The molecule has 0 aliphatic heterocycles. The Labute approximate surface area is 293 Å². The lowest BCUT2D eigenvalue weighted by atomic mass is 9.93. The van der Waals surface area contributed by atoms with Crippen molar-refractivity contribution in [3.63, 3.8) is 0 Å². The zero-order valence-corrected chi connectivity index (χ0v) is 27.9. The molecule has 0 N–H and O–H groups in total. The van der Waals surface area contributed by atoms with Gasteiger partial charge in [0.15, 0.2) is 0 Å². The molecule has 0 fully saturated rings. The van der Waals surface area contributed by atoms with Crippen molar-refractivity contribution < 1.29 is 76.2 Å². The highest BCUT2D eigenvalue weighted by molar-refractivity contribution is 5.90. The molecule has 0 bridgehead atoms. The van der Waals surface area contributed by atoms with Crippen molar-refractivity contribution >= 4 is 16.9 Å². The van der Waals surface area contributed by atoms with Crippen LogP contribution in [-0.4, -0.2) is 59.7 Å². The maximum Gasteiger partial charge on any atom is 0.460 e. The number of aromatic nitrogens is 1. The molecule has 0 unspecified atom stereocenters. The monoisotopic (exact) mass is 783 g/mol. The van der Waals surface area contributed by atoms with E-state index in [1.807, 2.05) is 0 Å². The van der Waals surface area contributed by atoms with E-state index in [4.69, 9.17) is 9.57 Å². The zero-order valence-electron chi connectivity index (χ0n) is 27.9. The predicted molar refractivity (Wildman–Crippen MR) is 165 cm³/mol. The first kappa shape index (κ1) is 43.2. The Morgan fingerprint density at radius 1 is 0.604 bits per heavy atom. The number of halogens is 13. The fourth-order valence-electron chi connectivity index (χ4n) is 4.89. The number of hydrogen-bond acceptors (Lipinski definition) is 5. The van der Waals surface area contributed by atoms with Crippen LogP contribution in [0.4, 0.5) is 57.1 Å². The number of rotatable bonds is 20. The summed E-state index contributed by atoms with van der Waals surface area (Å²) in [5.41, 5.74) is -0.856. The highest BCUT2D eigenvalue weighted by Gasteiger charge is 2.90. The molecule has 1 heterocycles. The van der Waals surface area contributed by atoms with Crippen molar-refractivity contribution in [3.05, 3.63) is 70.5 Å². The van der Waals surface area contributed by atoms with E-state index in [1.54, 1.807) is 12.1 Å². The number of nitrogens with zero attached hydrogens (tertiary/aromatic N) is 1. The normalized spacial score (nSPS) is 13.3. The van der Waals surface area contributed by atoms with Gasteiger partial charge in [0.25, 0.3) is 5.56 Å². The Balaban J connectivity index is 1.60. The number of carbonyl (C=O) groups excluding carboxylic acids is 1. The average molecular weight is 784 g/mol. The van der Waals surface area contributed by atoms with Crippen LogP contribution in [0.1, 0.15) is 75.1 Å². The Morgan fingerprint density at radius 3 is 1.72 bits per heavy atom. The highest BCUT2D eigenvalue weighted by Crippen LogP contribution is 2.60.